The van der Waals surface area contributed by atoms with Crippen LogP contribution in [0, 0.1) is 0 Å². The van der Waals surface area contributed by atoms with Crippen molar-refractivity contribution in [3.63, 3.8) is 0 Å². The highest BCUT2D eigenvalue weighted by molar-refractivity contribution is 7.14. The highest BCUT2D eigenvalue weighted by atomic mass is 32.1. The van der Waals surface area contributed by atoms with Gasteiger partial charge in [-0.1, -0.05) is 24.3 Å². The van der Waals surface area contributed by atoms with E-state index < -0.39 is 0 Å². The van der Waals surface area contributed by atoms with Crippen molar-refractivity contribution in [3.8, 4) is 10.4 Å². The van der Waals surface area contributed by atoms with Gasteiger partial charge in [-0.2, -0.15) is 0 Å². The molecular weight excluding hydrogens is 281 g/mol. The Hall–Kier alpha value is -1.30. The van der Waals surface area contributed by atoms with Crippen LogP contribution in [-0.4, -0.2) is 18.3 Å². The standard InChI is InChI=1S/C16H20BNO2S/c1-15(2)16(3,4)20-17(19-15)12-7-5-11(6-8-12)14-13(18)9-10-21-14/h5-10H,18H2,1-4H3. The molecule has 0 atom stereocenters. The van der Waals surface area contributed by atoms with E-state index in [0.29, 0.717) is 0 Å². The van der Waals surface area contributed by atoms with Crippen LogP contribution in [0.2, 0.25) is 0 Å². The molecule has 1 aromatic heterocycles. The fourth-order valence-electron chi connectivity index (χ4n) is 2.32. The minimum Gasteiger partial charge on any atom is -0.399 e. The van der Waals surface area contributed by atoms with E-state index in [1.54, 1.807) is 11.3 Å². The maximum Gasteiger partial charge on any atom is 0.494 e. The lowest BCUT2D eigenvalue weighted by atomic mass is 9.79. The Morgan fingerprint density at radius 2 is 1.52 bits per heavy atom. The first kappa shape index (κ1) is 14.6. The zero-order chi connectivity index (χ0) is 15.3. The van der Waals surface area contributed by atoms with Crippen molar-refractivity contribution < 1.29 is 9.31 Å². The first-order valence-corrected chi connectivity index (χ1v) is 7.97. The molecule has 110 valence electrons. The lowest BCUT2D eigenvalue weighted by Crippen LogP contribution is -2.41. The van der Waals surface area contributed by atoms with Gasteiger partial charge in [0.05, 0.1) is 21.8 Å². The van der Waals surface area contributed by atoms with Gasteiger partial charge in [-0.05, 0) is 50.2 Å². The first-order valence-electron chi connectivity index (χ1n) is 7.09. The Morgan fingerprint density at radius 1 is 0.952 bits per heavy atom. The second-order valence-electron chi connectivity index (χ2n) is 6.42. The molecule has 3 nitrogen and oxygen atoms in total. The maximum atomic E-state index is 6.06. The summed E-state index contributed by atoms with van der Waals surface area (Å²) < 4.78 is 12.1. The summed E-state index contributed by atoms with van der Waals surface area (Å²) in [6.45, 7) is 8.25. The van der Waals surface area contributed by atoms with Crippen LogP contribution in [0.25, 0.3) is 10.4 Å². The molecule has 0 saturated carbocycles. The quantitative estimate of drug-likeness (QED) is 0.866. The number of hydrogen-bond donors (Lipinski definition) is 1. The van der Waals surface area contributed by atoms with Crippen LogP contribution < -0.4 is 11.2 Å². The average molecular weight is 301 g/mol. The van der Waals surface area contributed by atoms with Gasteiger partial charge < -0.3 is 15.0 Å². The third-order valence-corrected chi connectivity index (χ3v) is 5.37. The Kier molecular flexibility index (Phi) is 3.39. The van der Waals surface area contributed by atoms with Crippen molar-refractivity contribution in [2.24, 2.45) is 0 Å². The minimum atomic E-state index is -0.315. The van der Waals surface area contributed by atoms with Crippen LogP contribution in [-0.2, 0) is 9.31 Å². The Balaban J connectivity index is 1.85. The number of anilines is 1. The molecule has 1 aliphatic rings. The molecule has 21 heavy (non-hydrogen) atoms. The molecule has 0 amide bonds. The molecule has 1 saturated heterocycles. The molecule has 0 radical (unpaired) electrons. The highest BCUT2D eigenvalue weighted by Crippen LogP contribution is 2.37. The van der Waals surface area contributed by atoms with Crippen molar-refractivity contribution >= 4 is 29.6 Å². The molecule has 1 aromatic carbocycles. The SMILES string of the molecule is CC1(C)OB(c2ccc(-c3sccc3N)cc2)OC1(C)C. The third kappa shape index (κ3) is 2.50. The van der Waals surface area contributed by atoms with E-state index >= 15 is 0 Å². The molecule has 2 heterocycles. The number of thiophene rings is 1. The van der Waals surface area contributed by atoms with Gasteiger partial charge in [-0.25, -0.2) is 0 Å². The zero-order valence-electron chi connectivity index (χ0n) is 12.8. The van der Waals surface area contributed by atoms with E-state index in [4.69, 9.17) is 15.0 Å². The average Bonchev–Trinajstić information content (AvgIpc) is 2.92. The smallest absolute Gasteiger partial charge is 0.399 e. The van der Waals surface area contributed by atoms with Crippen LogP contribution in [0.4, 0.5) is 5.69 Å². The van der Waals surface area contributed by atoms with Crippen LogP contribution in [0.5, 0.6) is 0 Å². The summed E-state index contributed by atoms with van der Waals surface area (Å²) in [5.41, 5.74) is 8.33. The van der Waals surface area contributed by atoms with Gasteiger partial charge in [-0.3, -0.25) is 0 Å². The minimum absolute atomic E-state index is 0.311. The van der Waals surface area contributed by atoms with Crippen molar-refractivity contribution in [1.29, 1.82) is 0 Å². The zero-order valence-corrected chi connectivity index (χ0v) is 13.7. The van der Waals surface area contributed by atoms with Crippen LogP contribution in [0.1, 0.15) is 27.7 Å². The van der Waals surface area contributed by atoms with Crippen LogP contribution >= 0.6 is 11.3 Å². The number of nitrogen functional groups attached to an aromatic ring is 1. The van der Waals surface area contributed by atoms with Crippen LogP contribution in [0.15, 0.2) is 35.7 Å². The third-order valence-electron chi connectivity index (χ3n) is 4.39. The summed E-state index contributed by atoms with van der Waals surface area (Å²) in [4.78, 5) is 1.11. The predicted molar refractivity (Wildman–Crippen MR) is 89.9 cm³/mol. The van der Waals surface area contributed by atoms with E-state index in [-0.39, 0.29) is 18.3 Å². The largest absolute Gasteiger partial charge is 0.494 e. The van der Waals surface area contributed by atoms with Gasteiger partial charge >= 0.3 is 7.12 Å². The van der Waals surface area contributed by atoms with Gasteiger partial charge in [0, 0.05) is 0 Å². The molecule has 0 bridgehead atoms. The summed E-state index contributed by atoms with van der Waals surface area (Å²) in [7, 11) is -0.315. The predicted octanol–water partition coefficient (Wildman–Crippen LogP) is 3.30. The lowest BCUT2D eigenvalue weighted by Gasteiger charge is -2.32. The molecule has 0 spiro atoms. The lowest BCUT2D eigenvalue weighted by molar-refractivity contribution is 0.00578. The van der Waals surface area contributed by atoms with E-state index in [1.807, 2.05) is 11.4 Å². The van der Waals surface area contributed by atoms with Crippen molar-refractivity contribution in [2.45, 2.75) is 38.9 Å². The molecule has 1 fully saturated rings. The Labute approximate surface area is 130 Å². The van der Waals surface area contributed by atoms with Crippen molar-refractivity contribution in [3.05, 3.63) is 35.7 Å². The monoisotopic (exact) mass is 301 g/mol. The molecular formula is C16H20BNO2S. The van der Waals surface area contributed by atoms with Crippen LogP contribution in [0.3, 0.4) is 0 Å². The number of nitrogens with two attached hydrogens (primary N) is 1. The van der Waals surface area contributed by atoms with Crippen molar-refractivity contribution in [2.75, 3.05) is 5.73 Å². The fourth-order valence-corrected chi connectivity index (χ4v) is 3.15. The topological polar surface area (TPSA) is 44.5 Å². The molecule has 2 N–H and O–H groups in total. The number of benzene rings is 1. The summed E-state index contributed by atoms with van der Waals surface area (Å²) >= 11 is 1.65. The highest BCUT2D eigenvalue weighted by Gasteiger charge is 2.51. The fraction of sp³-hybridized carbons (Fsp3) is 0.375. The number of rotatable bonds is 2. The van der Waals surface area contributed by atoms with Gasteiger partial charge in [0.1, 0.15) is 0 Å². The summed E-state index contributed by atoms with van der Waals surface area (Å²) in [5.74, 6) is 0. The Bertz CT molecular complexity index is 633. The molecule has 0 aliphatic carbocycles. The molecule has 3 rings (SSSR count). The molecule has 2 aromatic rings. The van der Waals surface area contributed by atoms with Gasteiger partial charge in [0.25, 0.3) is 0 Å². The molecule has 1 aliphatic heterocycles. The molecule has 5 heteroatoms. The van der Waals surface area contributed by atoms with Gasteiger partial charge in [0.15, 0.2) is 0 Å². The summed E-state index contributed by atoms with van der Waals surface area (Å²) in [6, 6.07) is 10.2. The Morgan fingerprint density at radius 3 is 2.00 bits per heavy atom. The normalized spacial score (nSPS) is 19.9. The van der Waals surface area contributed by atoms with Gasteiger partial charge in [-0.15, -0.1) is 11.3 Å². The van der Waals surface area contributed by atoms with Crippen molar-refractivity contribution in [1.82, 2.24) is 0 Å². The summed E-state index contributed by atoms with van der Waals surface area (Å²) in [5, 5.41) is 2.01. The van der Waals surface area contributed by atoms with E-state index in [1.165, 1.54) is 0 Å². The second kappa shape index (κ2) is 4.87. The summed E-state index contributed by atoms with van der Waals surface area (Å²) in [6.07, 6.45) is 0. The van der Waals surface area contributed by atoms with E-state index in [0.717, 1.165) is 21.6 Å². The molecule has 0 unspecified atom stereocenters. The van der Waals surface area contributed by atoms with E-state index in [9.17, 15) is 0 Å². The second-order valence-corrected chi connectivity index (χ2v) is 7.33. The number of hydrogen-bond acceptors (Lipinski definition) is 4. The maximum absolute atomic E-state index is 6.06. The van der Waals surface area contributed by atoms with E-state index in [2.05, 4.69) is 52.0 Å². The van der Waals surface area contributed by atoms with Gasteiger partial charge in [0.2, 0.25) is 0 Å². The first-order chi connectivity index (χ1) is 9.80.